The van der Waals surface area contributed by atoms with Crippen molar-refractivity contribution in [1.82, 2.24) is 0 Å². The Hall–Kier alpha value is -3.54. The van der Waals surface area contributed by atoms with Gasteiger partial charge < -0.3 is 24.2 Å². The first-order valence-electron chi connectivity index (χ1n) is 11.9. The summed E-state index contributed by atoms with van der Waals surface area (Å²) >= 11 is 0. The Balaban J connectivity index is 1.55. The lowest BCUT2D eigenvalue weighted by Crippen LogP contribution is -2.39. The summed E-state index contributed by atoms with van der Waals surface area (Å²) in [6, 6.07) is 32.1. The lowest BCUT2D eigenvalue weighted by atomic mass is 9.80. The summed E-state index contributed by atoms with van der Waals surface area (Å²) in [6.45, 7) is 3.76. The third-order valence-electron chi connectivity index (χ3n) is 6.65. The van der Waals surface area contributed by atoms with E-state index in [2.05, 4.69) is 5.16 Å². The highest BCUT2D eigenvalue weighted by molar-refractivity contribution is 6.02. The summed E-state index contributed by atoms with van der Waals surface area (Å²) in [5.41, 5.74) is 1.80. The number of ether oxygens (including phenoxy) is 4. The van der Waals surface area contributed by atoms with Gasteiger partial charge in [-0.05, 0) is 30.5 Å². The van der Waals surface area contributed by atoms with Crippen LogP contribution in [-0.2, 0) is 24.5 Å². The maximum atomic E-state index is 9.48. The summed E-state index contributed by atoms with van der Waals surface area (Å²) in [7, 11) is 0. The molecule has 3 aromatic rings. The molecule has 7 nitrogen and oxygen atoms in total. The lowest BCUT2D eigenvalue weighted by molar-refractivity contribution is -0.188. The highest BCUT2D eigenvalue weighted by Gasteiger charge is 2.57. The number of benzene rings is 3. The molecule has 5 rings (SSSR count). The van der Waals surface area contributed by atoms with Crippen LogP contribution in [0.5, 0.6) is 0 Å². The van der Waals surface area contributed by atoms with Gasteiger partial charge in [-0.15, -0.1) is 0 Å². The van der Waals surface area contributed by atoms with Crippen LogP contribution >= 0.6 is 0 Å². The molecule has 2 aliphatic heterocycles. The topological polar surface area (TPSA) is 93.3 Å². The van der Waals surface area contributed by atoms with E-state index in [-0.39, 0.29) is 12.3 Å². The molecule has 0 aliphatic carbocycles. The molecule has 4 atom stereocenters. The van der Waals surface area contributed by atoms with Crippen molar-refractivity contribution < 1.29 is 24.2 Å². The first-order valence-corrected chi connectivity index (χ1v) is 11.9. The predicted octanol–water partition coefficient (Wildman–Crippen LogP) is 4.64. The van der Waals surface area contributed by atoms with Crippen molar-refractivity contribution in [1.29, 1.82) is 5.26 Å². The fourth-order valence-corrected chi connectivity index (χ4v) is 5.15. The summed E-state index contributed by atoms with van der Waals surface area (Å²) < 4.78 is 25.3. The molecule has 1 unspecified atom stereocenters. The lowest BCUT2D eigenvalue weighted by Gasteiger charge is -2.37. The van der Waals surface area contributed by atoms with Crippen LogP contribution in [0.2, 0.25) is 0 Å². The maximum Gasteiger partial charge on any atom is 0.188 e. The molecule has 0 radical (unpaired) electrons. The SMILES string of the molecule is CC1(C)O[C@@H]2[C@@H](COC(c3ccccc3)(c3ccccc3)c3ccccc3)OC(/C(C#N)=N/O)[C@@H]2O1. The first-order chi connectivity index (χ1) is 17.5. The third-order valence-corrected chi connectivity index (χ3v) is 6.65. The molecule has 3 aromatic carbocycles. The van der Waals surface area contributed by atoms with Gasteiger partial charge in [-0.2, -0.15) is 5.26 Å². The van der Waals surface area contributed by atoms with E-state index in [0.29, 0.717) is 0 Å². The smallest absolute Gasteiger partial charge is 0.188 e. The van der Waals surface area contributed by atoms with E-state index < -0.39 is 35.8 Å². The fourth-order valence-electron chi connectivity index (χ4n) is 5.15. The van der Waals surface area contributed by atoms with Gasteiger partial charge in [0.05, 0.1) is 6.61 Å². The van der Waals surface area contributed by atoms with Gasteiger partial charge in [0.2, 0.25) is 0 Å². The van der Waals surface area contributed by atoms with Crippen LogP contribution in [0.3, 0.4) is 0 Å². The molecule has 7 heteroatoms. The van der Waals surface area contributed by atoms with Gasteiger partial charge in [0.1, 0.15) is 36.1 Å². The quantitative estimate of drug-likeness (QED) is 0.227. The zero-order chi connectivity index (χ0) is 25.2. The molecule has 2 saturated heterocycles. The Kier molecular flexibility index (Phi) is 6.61. The zero-order valence-corrected chi connectivity index (χ0v) is 20.2. The molecule has 0 saturated carbocycles. The van der Waals surface area contributed by atoms with E-state index in [1.165, 1.54) is 0 Å². The van der Waals surface area contributed by atoms with Crippen LogP contribution < -0.4 is 0 Å². The average molecular weight is 485 g/mol. The molecule has 0 amide bonds. The number of nitriles is 1. The van der Waals surface area contributed by atoms with Crippen molar-refractivity contribution in [3.63, 3.8) is 0 Å². The predicted molar refractivity (Wildman–Crippen MR) is 132 cm³/mol. The van der Waals surface area contributed by atoms with E-state index in [9.17, 15) is 10.5 Å². The van der Waals surface area contributed by atoms with Gasteiger partial charge in [0, 0.05) is 0 Å². The minimum atomic E-state index is -0.932. The van der Waals surface area contributed by atoms with E-state index in [0.717, 1.165) is 16.7 Å². The molecule has 0 aromatic heterocycles. The average Bonchev–Trinajstić information content (AvgIpc) is 3.40. The number of nitrogens with zero attached hydrogens (tertiary/aromatic N) is 2. The molecule has 1 N–H and O–H groups in total. The fraction of sp³-hybridized carbons (Fsp3) is 0.310. The zero-order valence-electron chi connectivity index (χ0n) is 20.2. The maximum absolute atomic E-state index is 9.48. The minimum absolute atomic E-state index is 0.139. The van der Waals surface area contributed by atoms with E-state index >= 15 is 0 Å². The summed E-state index contributed by atoms with van der Waals surface area (Å²) in [5, 5.41) is 22.0. The highest BCUT2D eigenvalue weighted by Crippen LogP contribution is 2.43. The number of fused-ring (bicyclic) bond motifs is 1. The number of hydrogen-bond donors (Lipinski definition) is 1. The largest absolute Gasteiger partial charge is 0.410 e. The summed E-state index contributed by atoms with van der Waals surface area (Å²) in [4.78, 5) is 0. The van der Waals surface area contributed by atoms with Crippen molar-refractivity contribution in [2.75, 3.05) is 6.61 Å². The summed E-state index contributed by atoms with van der Waals surface area (Å²) in [6.07, 6.45) is -2.53. The van der Waals surface area contributed by atoms with Crippen LogP contribution in [0.4, 0.5) is 0 Å². The van der Waals surface area contributed by atoms with Crippen LogP contribution in [0.1, 0.15) is 30.5 Å². The van der Waals surface area contributed by atoms with Crippen molar-refractivity contribution in [3.8, 4) is 6.07 Å². The second-order valence-corrected chi connectivity index (χ2v) is 9.35. The van der Waals surface area contributed by atoms with Crippen molar-refractivity contribution >= 4 is 5.71 Å². The Bertz CT molecular complexity index is 1140. The van der Waals surface area contributed by atoms with Crippen molar-refractivity contribution in [3.05, 3.63) is 108 Å². The molecule has 36 heavy (non-hydrogen) atoms. The van der Waals surface area contributed by atoms with Gasteiger partial charge in [0.15, 0.2) is 11.5 Å². The van der Waals surface area contributed by atoms with Crippen LogP contribution in [0.15, 0.2) is 96.2 Å². The molecular formula is C29H28N2O5. The molecule has 2 fully saturated rings. The van der Waals surface area contributed by atoms with Crippen LogP contribution in [0, 0.1) is 11.3 Å². The number of oxime groups is 1. The minimum Gasteiger partial charge on any atom is -0.410 e. The molecular weight excluding hydrogens is 456 g/mol. The van der Waals surface area contributed by atoms with Crippen molar-refractivity contribution in [2.45, 2.75) is 49.7 Å². The second-order valence-electron chi connectivity index (χ2n) is 9.35. The highest BCUT2D eigenvalue weighted by atomic mass is 16.8. The molecule has 2 heterocycles. The van der Waals surface area contributed by atoms with Gasteiger partial charge in [-0.3, -0.25) is 0 Å². The van der Waals surface area contributed by atoms with Crippen LogP contribution in [0.25, 0.3) is 0 Å². The monoisotopic (exact) mass is 484 g/mol. The molecule has 2 aliphatic rings. The molecule has 0 spiro atoms. The van der Waals surface area contributed by atoms with Gasteiger partial charge in [-0.1, -0.05) is 96.2 Å². The van der Waals surface area contributed by atoms with Gasteiger partial charge in [-0.25, -0.2) is 0 Å². The van der Waals surface area contributed by atoms with E-state index in [4.69, 9.17) is 18.9 Å². The standard InChI is InChI=1S/C29H28N2O5/c1-28(2)35-26-24(34-25(27(26)36-28)23(18-30)31-32)19-33-29(20-12-6-3-7-13-20,21-14-8-4-9-15-21)22-16-10-5-11-17-22/h3-17,24-27,32H,19H2,1-2H3/b31-23+/t24-,25?,26-,27+/m1/s1. The third kappa shape index (κ3) is 4.29. The molecule has 184 valence electrons. The Morgan fingerprint density at radius 3 is 1.81 bits per heavy atom. The van der Waals surface area contributed by atoms with E-state index in [1.54, 1.807) is 0 Å². The van der Waals surface area contributed by atoms with Crippen molar-refractivity contribution in [2.24, 2.45) is 5.16 Å². The first kappa shape index (κ1) is 24.2. The van der Waals surface area contributed by atoms with Gasteiger partial charge in [0.25, 0.3) is 0 Å². The summed E-state index contributed by atoms with van der Waals surface area (Å²) in [5.74, 6) is -0.874. The Labute approximate surface area is 210 Å². The normalized spacial score (nSPS) is 25.3. The number of rotatable bonds is 7. The Morgan fingerprint density at radius 2 is 1.36 bits per heavy atom. The van der Waals surface area contributed by atoms with Crippen LogP contribution in [-0.4, -0.2) is 47.7 Å². The second kappa shape index (κ2) is 9.84. The number of hydrogen-bond acceptors (Lipinski definition) is 7. The van der Waals surface area contributed by atoms with E-state index in [1.807, 2.05) is 111 Å². The van der Waals surface area contributed by atoms with Gasteiger partial charge >= 0.3 is 0 Å². The molecule has 0 bridgehead atoms. The Morgan fingerprint density at radius 1 is 0.889 bits per heavy atom.